The molecule has 0 saturated carbocycles. The van der Waals surface area contributed by atoms with Gasteiger partial charge in [-0.25, -0.2) is 4.98 Å². The molecule has 120 valence electrons. The second-order valence-corrected chi connectivity index (χ2v) is 5.38. The number of fused-ring (bicyclic) bond motifs is 1. The minimum Gasteiger partial charge on any atom is -0.369 e. The molecular weight excluding hydrogens is 299 g/mol. The summed E-state index contributed by atoms with van der Waals surface area (Å²) in [5.41, 5.74) is -1.45. The minimum atomic E-state index is -4.37. The van der Waals surface area contributed by atoms with E-state index in [9.17, 15) is 13.2 Å². The summed E-state index contributed by atoms with van der Waals surface area (Å²) < 4.78 is 45.7. The summed E-state index contributed by atoms with van der Waals surface area (Å²) in [7, 11) is 1.12. The first-order valence-corrected chi connectivity index (χ1v) is 6.92. The predicted octanol–water partition coefficient (Wildman–Crippen LogP) is 1.98. The number of ether oxygens (including phenoxy) is 1. The normalized spacial score (nSPS) is 18.9. The topological polar surface area (TPSA) is 55.5 Å². The summed E-state index contributed by atoms with van der Waals surface area (Å²) in [5.74, 6) is 1.18. The van der Waals surface area contributed by atoms with Crippen molar-refractivity contribution < 1.29 is 17.9 Å². The van der Waals surface area contributed by atoms with Crippen LogP contribution in [0.4, 0.5) is 19.0 Å². The summed E-state index contributed by atoms with van der Waals surface area (Å²) in [6.07, 6.45) is -4.61. The van der Waals surface area contributed by atoms with E-state index in [1.54, 1.807) is 24.0 Å². The minimum absolute atomic E-state index is 0.122. The molecule has 3 heterocycles. The molecule has 0 aliphatic carbocycles. The maximum Gasteiger partial charge on any atom is 0.417 e. The standard InChI is InChI=1S/C13H16F3N5O/c1-9-17-10-3-4-11(19-21(10)18-9)20-7-5-12(22-2,6-8-20)13(14,15)16/h3-4H,5-8H2,1-2H3. The van der Waals surface area contributed by atoms with Crippen molar-refractivity contribution in [3.05, 3.63) is 18.0 Å². The number of aromatic nitrogens is 4. The van der Waals surface area contributed by atoms with Gasteiger partial charge in [-0.3, -0.25) is 0 Å². The number of anilines is 1. The molecule has 0 atom stereocenters. The van der Waals surface area contributed by atoms with Gasteiger partial charge in [-0.2, -0.15) is 13.2 Å². The quantitative estimate of drug-likeness (QED) is 0.848. The Kier molecular flexibility index (Phi) is 3.47. The van der Waals surface area contributed by atoms with Crippen LogP contribution in [0.15, 0.2) is 12.1 Å². The van der Waals surface area contributed by atoms with E-state index in [-0.39, 0.29) is 25.9 Å². The Bertz CT molecular complexity index is 676. The number of piperidine rings is 1. The molecule has 6 nitrogen and oxygen atoms in total. The molecule has 2 aromatic heterocycles. The molecule has 2 aromatic rings. The number of aryl methyl sites for hydroxylation is 1. The van der Waals surface area contributed by atoms with Crippen LogP contribution in [0.2, 0.25) is 0 Å². The number of methoxy groups -OCH3 is 1. The zero-order chi connectivity index (χ0) is 16.0. The molecule has 0 unspecified atom stereocenters. The van der Waals surface area contributed by atoms with Crippen molar-refractivity contribution in [1.29, 1.82) is 0 Å². The van der Waals surface area contributed by atoms with Gasteiger partial charge in [0.1, 0.15) is 5.82 Å². The lowest BCUT2D eigenvalue weighted by atomic mass is 9.90. The van der Waals surface area contributed by atoms with E-state index in [2.05, 4.69) is 15.2 Å². The van der Waals surface area contributed by atoms with Crippen LogP contribution in [-0.4, -0.2) is 51.8 Å². The van der Waals surface area contributed by atoms with Gasteiger partial charge in [-0.1, -0.05) is 0 Å². The third-order valence-corrected chi connectivity index (χ3v) is 4.10. The van der Waals surface area contributed by atoms with Crippen molar-refractivity contribution >= 4 is 11.5 Å². The molecule has 1 aliphatic heterocycles. The second-order valence-electron chi connectivity index (χ2n) is 5.38. The Hall–Kier alpha value is -1.90. The molecule has 0 radical (unpaired) electrons. The lowest BCUT2D eigenvalue weighted by molar-refractivity contribution is -0.276. The molecule has 0 amide bonds. The fourth-order valence-corrected chi connectivity index (χ4v) is 2.75. The van der Waals surface area contributed by atoms with E-state index in [0.29, 0.717) is 17.3 Å². The molecule has 0 aromatic carbocycles. The van der Waals surface area contributed by atoms with Gasteiger partial charge in [-0.05, 0) is 19.1 Å². The third kappa shape index (κ3) is 2.39. The van der Waals surface area contributed by atoms with Crippen molar-refractivity contribution in [3.63, 3.8) is 0 Å². The first-order valence-electron chi connectivity index (χ1n) is 6.92. The summed E-state index contributed by atoms with van der Waals surface area (Å²) in [6.45, 7) is 2.20. The Morgan fingerprint density at radius 2 is 1.86 bits per heavy atom. The average Bonchev–Trinajstić information content (AvgIpc) is 2.85. The predicted molar refractivity (Wildman–Crippen MR) is 72.8 cm³/mol. The Balaban J connectivity index is 1.80. The summed E-state index contributed by atoms with van der Waals surface area (Å²) >= 11 is 0. The highest BCUT2D eigenvalue weighted by molar-refractivity contribution is 5.45. The number of rotatable bonds is 2. The molecular formula is C13H16F3N5O. The third-order valence-electron chi connectivity index (χ3n) is 4.10. The molecule has 0 N–H and O–H groups in total. The van der Waals surface area contributed by atoms with Crippen LogP contribution in [0, 0.1) is 6.92 Å². The highest BCUT2D eigenvalue weighted by Crippen LogP contribution is 2.41. The summed E-state index contributed by atoms with van der Waals surface area (Å²) in [6, 6.07) is 3.50. The van der Waals surface area contributed by atoms with Crippen LogP contribution < -0.4 is 4.90 Å². The van der Waals surface area contributed by atoms with Crippen molar-refractivity contribution in [1.82, 2.24) is 19.8 Å². The Labute approximate surface area is 124 Å². The fraction of sp³-hybridized carbons (Fsp3) is 0.615. The molecule has 22 heavy (non-hydrogen) atoms. The Morgan fingerprint density at radius 1 is 1.18 bits per heavy atom. The van der Waals surface area contributed by atoms with Crippen LogP contribution in [0.25, 0.3) is 5.65 Å². The van der Waals surface area contributed by atoms with Crippen molar-refractivity contribution in [2.75, 3.05) is 25.1 Å². The van der Waals surface area contributed by atoms with Gasteiger partial charge in [0.05, 0.1) is 0 Å². The van der Waals surface area contributed by atoms with E-state index in [1.807, 2.05) is 0 Å². The van der Waals surface area contributed by atoms with Crippen LogP contribution in [0.5, 0.6) is 0 Å². The first kappa shape index (κ1) is 15.0. The lowest BCUT2D eigenvalue weighted by Gasteiger charge is -2.41. The van der Waals surface area contributed by atoms with Gasteiger partial charge in [-0.15, -0.1) is 14.8 Å². The molecule has 1 fully saturated rings. The molecule has 1 aliphatic rings. The van der Waals surface area contributed by atoms with Gasteiger partial charge in [0.25, 0.3) is 0 Å². The fourth-order valence-electron chi connectivity index (χ4n) is 2.75. The van der Waals surface area contributed by atoms with Crippen LogP contribution in [0.3, 0.4) is 0 Å². The van der Waals surface area contributed by atoms with Crippen molar-refractivity contribution in [2.45, 2.75) is 31.5 Å². The van der Waals surface area contributed by atoms with Crippen LogP contribution in [0.1, 0.15) is 18.7 Å². The largest absolute Gasteiger partial charge is 0.417 e. The maximum atomic E-state index is 13.2. The first-order chi connectivity index (χ1) is 10.3. The van der Waals surface area contributed by atoms with E-state index in [1.165, 1.54) is 4.63 Å². The van der Waals surface area contributed by atoms with Crippen molar-refractivity contribution in [2.24, 2.45) is 0 Å². The lowest BCUT2D eigenvalue weighted by Crippen LogP contribution is -2.54. The van der Waals surface area contributed by atoms with Crippen LogP contribution >= 0.6 is 0 Å². The van der Waals surface area contributed by atoms with Gasteiger partial charge in [0, 0.05) is 33.0 Å². The zero-order valence-corrected chi connectivity index (χ0v) is 12.3. The number of hydrogen-bond donors (Lipinski definition) is 0. The number of alkyl halides is 3. The molecule has 9 heteroatoms. The maximum absolute atomic E-state index is 13.2. The summed E-state index contributed by atoms with van der Waals surface area (Å²) in [5, 5.41) is 8.42. The highest BCUT2D eigenvalue weighted by Gasteiger charge is 2.56. The average molecular weight is 315 g/mol. The molecule has 0 spiro atoms. The molecule has 1 saturated heterocycles. The zero-order valence-electron chi connectivity index (χ0n) is 12.3. The van der Waals surface area contributed by atoms with E-state index >= 15 is 0 Å². The molecule has 0 bridgehead atoms. The van der Waals surface area contributed by atoms with E-state index in [0.717, 1.165) is 7.11 Å². The van der Waals surface area contributed by atoms with Gasteiger partial charge in [0.15, 0.2) is 17.1 Å². The van der Waals surface area contributed by atoms with Gasteiger partial charge < -0.3 is 9.64 Å². The smallest absolute Gasteiger partial charge is 0.369 e. The molecule has 3 rings (SSSR count). The van der Waals surface area contributed by atoms with Crippen LogP contribution in [-0.2, 0) is 4.74 Å². The van der Waals surface area contributed by atoms with E-state index < -0.39 is 11.8 Å². The highest BCUT2D eigenvalue weighted by atomic mass is 19.4. The van der Waals surface area contributed by atoms with Crippen molar-refractivity contribution in [3.8, 4) is 0 Å². The SMILES string of the molecule is COC1(C(F)(F)F)CCN(c2ccc3nc(C)nn3n2)CC1. The van der Waals surface area contributed by atoms with Gasteiger partial charge >= 0.3 is 6.18 Å². The van der Waals surface area contributed by atoms with Gasteiger partial charge in [0.2, 0.25) is 0 Å². The summed E-state index contributed by atoms with van der Waals surface area (Å²) in [4.78, 5) is 5.98. The number of halogens is 3. The number of hydrogen-bond acceptors (Lipinski definition) is 5. The number of nitrogens with zero attached hydrogens (tertiary/aromatic N) is 5. The second kappa shape index (κ2) is 5.08. The Morgan fingerprint density at radius 3 is 2.45 bits per heavy atom. The monoisotopic (exact) mass is 315 g/mol. The van der Waals surface area contributed by atoms with E-state index in [4.69, 9.17) is 4.74 Å².